The number of nitrogens with one attached hydrogen (secondary N) is 2. The van der Waals surface area contributed by atoms with E-state index in [0.717, 1.165) is 10.5 Å². The van der Waals surface area contributed by atoms with Gasteiger partial charge in [0.25, 0.3) is 17.7 Å². The highest BCUT2D eigenvalue weighted by molar-refractivity contribution is 6.53. The van der Waals surface area contributed by atoms with Crippen molar-refractivity contribution in [2.75, 3.05) is 10.2 Å². The lowest BCUT2D eigenvalue weighted by molar-refractivity contribution is -0.120. The Balaban J connectivity index is 1.50. The van der Waals surface area contributed by atoms with E-state index in [2.05, 4.69) is 10.6 Å². The first-order valence-corrected chi connectivity index (χ1v) is 9.85. The van der Waals surface area contributed by atoms with E-state index in [4.69, 9.17) is 16.0 Å². The smallest absolute Gasteiger partial charge is 0.283 e. The van der Waals surface area contributed by atoms with Crippen LogP contribution in [0, 0.1) is 6.92 Å². The van der Waals surface area contributed by atoms with Crippen molar-refractivity contribution in [3.8, 4) is 0 Å². The van der Waals surface area contributed by atoms with E-state index < -0.39 is 11.8 Å². The number of rotatable bonds is 6. The molecule has 2 aromatic carbocycles. The van der Waals surface area contributed by atoms with Gasteiger partial charge in [0.2, 0.25) is 0 Å². The lowest BCUT2D eigenvalue weighted by Gasteiger charge is -2.15. The van der Waals surface area contributed by atoms with Crippen LogP contribution >= 0.6 is 11.6 Å². The zero-order chi connectivity index (χ0) is 22.0. The summed E-state index contributed by atoms with van der Waals surface area (Å²) in [6, 6.07) is 17.0. The van der Waals surface area contributed by atoms with Crippen LogP contribution in [0.2, 0.25) is 0 Å². The fourth-order valence-electron chi connectivity index (χ4n) is 3.10. The van der Waals surface area contributed by atoms with Gasteiger partial charge in [0, 0.05) is 11.3 Å². The minimum atomic E-state index is -0.606. The van der Waals surface area contributed by atoms with Crippen LogP contribution in [0.3, 0.4) is 0 Å². The Labute approximate surface area is 183 Å². The number of amides is 3. The summed E-state index contributed by atoms with van der Waals surface area (Å²) in [7, 11) is 0. The summed E-state index contributed by atoms with van der Waals surface area (Å²) in [5.74, 6) is -0.849. The van der Waals surface area contributed by atoms with Gasteiger partial charge in [-0.05, 0) is 49.4 Å². The number of benzene rings is 2. The second-order valence-corrected chi connectivity index (χ2v) is 7.32. The first kappa shape index (κ1) is 20.4. The van der Waals surface area contributed by atoms with E-state index >= 15 is 0 Å². The van der Waals surface area contributed by atoms with Crippen molar-refractivity contribution in [2.24, 2.45) is 0 Å². The van der Waals surface area contributed by atoms with Gasteiger partial charge < -0.3 is 15.1 Å². The molecule has 2 N–H and O–H groups in total. The molecular formula is C23H18ClN3O4. The van der Waals surface area contributed by atoms with Crippen LogP contribution < -0.4 is 15.5 Å². The van der Waals surface area contributed by atoms with Crippen LogP contribution in [-0.4, -0.2) is 17.7 Å². The molecule has 0 unspecified atom stereocenters. The number of nitrogens with zero attached hydrogens (tertiary/aromatic N) is 1. The summed E-state index contributed by atoms with van der Waals surface area (Å²) in [5.41, 5.74) is 2.22. The highest BCUT2D eigenvalue weighted by Crippen LogP contribution is 2.30. The third-order valence-electron chi connectivity index (χ3n) is 4.72. The van der Waals surface area contributed by atoms with Crippen LogP contribution in [-0.2, 0) is 16.1 Å². The maximum atomic E-state index is 12.9. The molecule has 3 aromatic rings. The predicted molar refractivity (Wildman–Crippen MR) is 116 cm³/mol. The summed E-state index contributed by atoms with van der Waals surface area (Å²) in [6.45, 7) is 2.16. The number of carbonyl (C=O) groups is 3. The van der Waals surface area contributed by atoms with Gasteiger partial charge in [-0.15, -0.1) is 0 Å². The molecule has 156 valence electrons. The SMILES string of the molecule is Cc1ccc(N2C(=O)C(Cl)=C(Nc3cccc(C(=O)NCc4ccco4)c3)C2=O)cc1. The van der Waals surface area contributed by atoms with E-state index in [-0.39, 0.29) is 23.2 Å². The van der Waals surface area contributed by atoms with E-state index in [1.165, 1.54) is 6.26 Å². The molecule has 0 radical (unpaired) electrons. The van der Waals surface area contributed by atoms with Gasteiger partial charge in [0.05, 0.1) is 18.5 Å². The minimum Gasteiger partial charge on any atom is -0.467 e. The third kappa shape index (κ3) is 4.22. The van der Waals surface area contributed by atoms with Gasteiger partial charge in [-0.3, -0.25) is 14.4 Å². The van der Waals surface area contributed by atoms with Crippen LogP contribution in [0.1, 0.15) is 21.7 Å². The first-order valence-electron chi connectivity index (χ1n) is 9.47. The standard InChI is InChI=1S/C23H18ClN3O4/c1-14-7-9-17(10-8-14)27-22(29)19(24)20(23(27)30)26-16-5-2-4-15(12-16)21(28)25-13-18-6-3-11-31-18/h2-12,26H,13H2,1H3,(H,25,28). The molecule has 8 heteroatoms. The van der Waals surface area contributed by atoms with Crippen molar-refractivity contribution in [3.05, 3.63) is 94.5 Å². The molecular weight excluding hydrogens is 418 g/mol. The van der Waals surface area contributed by atoms with Crippen molar-refractivity contribution in [3.63, 3.8) is 0 Å². The fraction of sp³-hybridized carbons (Fsp3) is 0.0870. The molecule has 3 amide bonds. The van der Waals surface area contributed by atoms with Crippen molar-refractivity contribution >= 4 is 40.7 Å². The maximum Gasteiger partial charge on any atom is 0.283 e. The van der Waals surface area contributed by atoms with E-state index in [1.54, 1.807) is 60.7 Å². The normalized spacial score (nSPS) is 13.7. The number of aryl methyl sites for hydroxylation is 1. The summed E-state index contributed by atoms with van der Waals surface area (Å²) in [4.78, 5) is 38.9. The summed E-state index contributed by atoms with van der Waals surface area (Å²) in [5, 5.41) is 5.43. The summed E-state index contributed by atoms with van der Waals surface area (Å²) < 4.78 is 5.20. The van der Waals surface area contributed by atoms with Gasteiger partial charge in [-0.1, -0.05) is 35.4 Å². The molecule has 0 spiro atoms. The largest absolute Gasteiger partial charge is 0.467 e. The highest BCUT2D eigenvalue weighted by atomic mass is 35.5. The highest BCUT2D eigenvalue weighted by Gasteiger charge is 2.38. The molecule has 0 saturated heterocycles. The number of imide groups is 1. The topological polar surface area (TPSA) is 91.7 Å². The molecule has 7 nitrogen and oxygen atoms in total. The molecule has 0 fully saturated rings. The Bertz CT molecular complexity index is 1180. The number of halogens is 1. The van der Waals surface area contributed by atoms with Crippen LogP contribution in [0.5, 0.6) is 0 Å². The number of anilines is 2. The number of hydrogen-bond acceptors (Lipinski definition) is 5. The van der Waals surface area contributed by atoms with Crippen molar-refractivity contribution in [2.45, 2.75) is 13.5 Å². The summed E-state index contributed by atoms with van der Waals surface area (Å²) in [6.07, 6.45) is 1.53. The van der Waals surface area contributed by atoms with Crippen molar-refractivity contribution in [1.29, 1.82) is 0 Å². The Morgan fingerprint density at radius 1 is 1.03 bits per heavy atom. The first-order chi connectivity index (χ1) is 14.9. The van der Waals surface area contributed by atoms with Gasteiger partial charge >= 0.3 is 0 Å². The quantitative estimate of drug-likeness (QED) is 0.572. The molecule has 1 aliphatic heterocycles. The maximum absolute atomic E-state index is 12.9. The molecule has 0 saturated carbocycles. The van der Waals surface area contributed by atoms with E-state index in [0.29, 0.717) is 22.7 Å². The minimum absolute atomic E-state index is 0.0413. The number of hydrogen-bond donors (Lipinski definition) is 2. The lowest BCUT2D eigenvalue weighted by Crippen LogP contribution is -2.32. The lowest BCUT2D eigenvalue weighted by atomic mass is 10.2. The van der Waals surface area contributed by atoms with Crippen LogP contribution in [0.15, 0.2) is 82.1 Å². The fourth-order valence-corrected chi connectivity index (χ4v) is 3.32. The predicted octanol–water partition coefficient (Wildman–Crippen LogP) is 3.95. The Morgan fingerprint density at radius 2 is 1.81 bits per heavy atom. The third-order valence-corrected chi connectivity index (χ3v) is 5.07. The molecule has 1 aliphatic rings. The molecule has 1 aromatic heterocycles. The average Bonchev–Trinajstić information content (AvgIpc) is 3.36. The second kappa shape index (κ2) is 8.49. The van der Waals surface area contributed by atoms with Gasteiger partial charge in [0.1, 0.15) is 16.5 Å². The zero-order valence-corrected chi connectivity index (χ0v) is 17.3. The van der Waals surface area contributed by atoms with Crippen molar-refractivity contribution < 1.29 is 18.8 Å². The van der Waals surface area contributed by atoms with E-state index in [1.807, 2.05) is 6.92 Å². The van der Waals surface area contributed by atoms with E-state index in [9.17, 15) is 14.4 Å². The van der Waals surface area contributed by atoms with Crippen LogP contribution in [0.25, 0.3) is 0 Å². The Morgan fingerprint density at radius 3 is 2.52 bits per heavy atom. The summed E-state index contributed by atoms with van der Waals surface area (Å²) >= 11 is 6.17. The Hall–Kier alpha value is -3.84. The van der Waals surface area contributed by atoms with Gasteiger partial charge in [-0.25, -0.2) is 4.90 Å². The average molecular weight is 436 g/mol. The Kier molecular flexibility index (Phi) is 5.60. The zero-order valence-electron chi connectivity index (χ0n) is 16.5. The molecule has 0 atom stereocenters. The molecule has 4 rings (SSSR count). The monoisotopic (exact) mass is 435 g/mol. The van der Waals surface area contributed by atoms with Crippen molar-refractivity contribution in [1.82, 2.24) is 5.32 Å². The van der Waals surface area contributed by atoms with Gasteiger partial charge in [0.15, 0.2) is 0 Å². The molecule has 0 bridgehead atoms. The number of carbonyl (C=O) groups excluding carboxylic acids is 3. The van der Waals surface area contributed by atoms with Crippen LogP contribution in [0.4, 0.5) is 11.4 Å². The molecule has 2 heterocycles. The van der Waals surface area contributed by atoms with Gasteiger partial charge in [-0.2, -0.15) is 0 Å². The second-order valence-electron chi connectivity index (χ2n) is 6.94. The number of furan rings is 1. The molecule has 0 aliphatic carbocycles. The molecule has 31 heavy (non-hydrogen) atoms.